The summed E-state index contributed by atoms with van der Waals surface area (Å²) in [5.74, 6) is 1.30. The third-order valence-corrected chi connectivity index (χ3v) is 5.43. The molecule has 0 bridgehead atoms. The molecule has 0 saturated carbocycles. The van der Waals surface area contributed by atoms with Gasteiger partial charge in [-0.1, -0.05) is 48.0 Å². The highest BCUT2D eigenvalue weighted by Gasteiger charge is 2.20. The number of aromatic hydroxyl groups is 1. The van der Waals surface area contributed by atoms with E-state index in [9.17, 15) is 5.11 Å². The molecule has 162 valence electrons. The largest absolute Gasteiger partial charge is 0.507 e. The Morgan fingerprint density at radius 1 is 0.969 bits per heavy atom. The highest BCUT2D eigenvalue weighted by atomic mass is 35.5. The first-order chi connectivity index (χ1) is 15.5. The number of nitrogen functional groups attached to an aromatic ring is 1. The predicted octanol–water partition coefficient (Wildman–Crippen LogP) is 5.65. The van der Waals surface area contributed by atoms with Gasteiger partial charge in [0.05, 0.1) is 18.5 Å². The van der Waals surface area contributed by atoms with Crippen molar-refractivity contribution in [1.29, 1.82) is 0 Å². The standard InChI is InChI=1S/C25H22ClN3O3/c1-15-23(19-8-4-6-10-22(19)31-2)24(29-25(27)28-15)18-12-11-17(13-21(18)30)32-14-16-7-3-5-9-20(16)26/h3-13,30H,14H2,1-2H3,(H2,27,28,29). The van der Waals surface area contributed by atoms with Crippen molar-refractivity contribution in [2.24, 2.45) is 0 Å². The fraction of sp³-hybridized carbons (Fsp3) is 0.120. The van der Waals surface area contributed by atoms with E-state index in [2.05, 4.69) is 9.97 Å². The van der Waals surface area contributed by atoms with Gasteiger partial charge in [-0.3, -0.25) is 0 Å². The van der Waals surface area contributed by atoms with Crippen molar-refractivity contribution in [3.8, 4) is 39.6 Å². The molecule has 0 aliphatic rings. The topological polar surface area (TPSA) is 90.5 Å². The monoisotopic (exact) mass is 447 g/mol. The Morgan fingerprint density at radius 3 is 2.47 bits per heavy atom. The van der Waals surface area contributed by atoms with Gasteiger partial charge >= 0.3 is 0 Å². The van der Waals surface area contributed by atoms with Gasteiger partial charge in [0.15, 0.2) is 0 Å². The second-order valence-corrected chi connectivity index (χ2v) is 7.56. The molecule has 7 heteroatoms. The van der Waals surface area contributed by atoms with E-state index in [0.717, 1.165) is 16.7 Å². The van der Waals surface area contributed by atoms with E-state index in [1.54, 1.807) is 25.3 Å². The van der Waals surface area contributed by atoms with E-state index >= 15 is 0 Å². The molecule has 0 aliphatic carbocycles. The van der Waals surface area contributed by atoms with Crippen LogP contribution in [0.3, 0.4) is 0 Å². The van der Waals surface area contributed by atoms with E-state index in [4.69, 9.17) is 26.8 Å². The van der Waals surface area contributed by atoms with Crippen molar-refractivity contribution in [3.63, 3.8) is 0 Å². The Morgan fingerprint density at radius 2 is 1.72 bits per heavy atom. The van der Waals surface area contributed by atoms with Crippen LogP contribution in [0.1, 0.15) is 11.3 Å². The Hall–Kier alpha value is -3.77. The van der Waals surface area contributed by atoms with E-state index in [1.165, 1.54) is 0 Å². The Kier molecular flexibility index (Phi) is 6.14. The highest BCUT2D eigenvalue weighted by Crippen LogP contribution is 2.41. The number of aromatic nitrogens is 2. The lowest BCUT2D eigenvalue weighted by Crippen LogP contribution is -2.03. The van der Waals surface area contributed by atoms with E-state index in [-0.39, 0.29) is 18.3 Å². The normalized spacial score (nSPS) is 10.7. The van der Waals surface area contributed by atoms with Crippen molar-refractivity contribution in [3.05, 3.63) is 83.0 Å². The number of anilines is 1. The molecule has 6 nitrogen and oxygen atoms in total. The number of phenols is 1. The first kappa shape index (κ1) is 21.5. The predicted molar refractivity (Wildman–Crippen MR) is 126 cm³/mol. The third kappa shape index (κ3) is 4.31. The Labute approximate surface area is 191 Å². The molecule has 4 aromatic rings. The Bertz CT molecular complexity index is 1280. The van der Waals surface area contributed by atoms with Crippen LogP contribution in [-0.2, 0) is 6.61 Å². The first-order valence-corrected chi connectivity index (χ1v) is 10.3. The maximum absolute atomic E-state index is 10.8. The number of ether oxygens (including phenoxy) is 2. The number of para-hydroxylation sites is 1. The molecule has 1 aromatic heterocycles. The lowest BCUT2D eigenvalue weighted by molar-refractivity contribution is 0.304. The van der Waals surface area contributed by atoms with Crippen LogP contribution < -0.4 is 15.2 Å². The van der Waals surface area contributed by atoms with Crippen molar-refractivity contribution in [2.75, 3.05) is 12.8 Å². The van der Waals surface area contributed by atoms with Crippen LogP contribution in [0.5, 0.6) is 17.2 Å². The van der Waals surface area contributed by atoms with Crippen molar-refractivity contribution < 1.29 is 14.6 Å². The first-order valence-electron chi connectivity index (χ1n) is 9.95. The summed E-state index contributed by atoms with van der Waals surface area (Å²) in [4.78, 5) is 8.77. The number of hydrogen-bond acceptors (Lipinski definition) is 6. The minimum Gasteiger partial charge on any atom is -0.507 e. The number of nitrogens with zero attached hydrogens (tertiary/aromatic N) is 2. The maximum Gasteiger partial charge on any atom is 0.220 e. The fourth-order valence-corrected chi connectivity index (χ4v) is 3.73. The van der Waals surface area contributed by atoms with Gasteiger partial charge in [-0.05, 0) is 31.2 Å². The number of nitrogens with two attached hydrogens (primary N) is 1. The summed E-state index contributed by atoms with van der Waals surface area (Å²) in [6.45, 7) is 2.13. The summed E-state index contributed by atoms with van der Waals surface area (Å²) in [7, 11) is 1.61. The van der Waals surface area contributed by atoms with Gasteiger partial charge in [0.1, 0.15) is 23.9 Å². The molecule has 0 spiro atoms. The van der Waals surface area contributed by atoms with Crippen molar-refractivity contribution >= 4 is 17.5 Å². The molecule has 0 saturated heterocycles. The smallest absolute Gasteiger partial charge is 0.220 e. The van der Waals surface area contributed by atoms with Gasteiger partial charge in [-0.25, -0.2) is 9.97 Å². The van der Waals surface area contributed by atoms with Gasteiger partial charge in [0.2, 0.25) is 5.95 Å². The third-order valence-electron chi connectivity index (χ3n) is 5.06. The quantitative estimate of drug-likeness (QED) is 0.397. The number of rotatable bonds is 6. The number of methoxy groups -OCH3 is 1. The number of aryl methyl sites for hydroxylation is 1. The Balaban J connectivity index is 1.73. The van der Waals surface area contributed by atoms with Gasteiger partial charge in [0, 0.05) is 33.3 Å². The molecular formula is C25H22ClN3O3. The zero-order valence-electron chi connectivity index (χ0n) is 17.7. The molecule has 0 unspecified atom stereocenters. The van der Waals surface area contributed by atoms with Gasteiger partial charge < -0.3 is 20.3 Å². The van der Waals surface area contributed by atoms with Crippen LogP contribution in [0.15, 0.2) is 66.7 Å². The molecule has 1 heterocycles. The lowest BCUT2D eigenvalue weighted by atomic mass is 9.96. The average molecular weight is 448 g/mol. The molecule has 32 heavy (non-hydrogen) atoms. The van der Waals surface area contributed by atoms with Crippen LogP contribution >= 0.6 is 11.6 Å². The minimum absolute atomic E-state index is 0.00954. The summed E-state index contributed by atoms with van der Waals surface area (Å²) in [6.07, 6.45) is 0. The maximum atomic E-state index is 10.8. The van der Waals surface area contributed by atoms with Crippen molar-refractivity contribution in [1.82, 2.24) is 9.97 Å². The second kappa shape index (κ2) is 9.16. The molecule has 4 rings (SSSR count). The fourth-order valence-electron chi connectivity index (χ4n) is 3.54. The summed E-state index contributed by atoms with van der Waals surface area (Å²) in [5, 5.41) is 11.5. The van der Waals surface area contributed by atoms with E-state index in [1.807, 2.05) is 55.5 Å². The number of hydrogen-bond donors (Lipinski definition) is 2. The highest BCUT2D eigenvalue weighted by molar-refractivity contribution is 6.31. The minimum atomic E-state index is 0.00954. The van der Waals surface area contributed by atoms with Crippen LogP contribution in [0.4, 0.5) is 5.95 Å². The zero-order chi connectivity index (χ0) is 22.7. The van der Waals surface area contributed by atoms with E-state index in [0.29, 0.717) is 33.5 Å². The molecule has 0 amide bonds. The molecule has 3 aromatic carbocycles. The average Bonchev–Trinajstić information content (AvgIpc) is 2.78. The van der Waals surface area contributed by atoms with Gasteiger partial charge in [-0.2, -0.15) is 0 Å². The summed E-state index contributed by atoms with van der Waals surface area (Å²) in [5.41, 5.74) is 10.0. The lowest BCUT2D eigenvalue weighted by Gasteiger charge is -2.16. The van der Waals surface area contributed by atoms with Crippen LogP contribution in [0, 0.1) is 6.92 Å². The van der Waals surface area contributed by atoms with Crippen LogP contribution in [-0.4, -0.2) is 22.2 Å². The number of phenolic OH excluding ortho intramolecular Hbond substituents is 1. The molecule has 0 fully saturated rings. The van der Waals surface area contributed by atoms with Gasteiger partial charge in [0.25, 0.3) is 0 Å². The SMILES string of the molecule is COc1ccccc1-c1c(C)nc(N)nc1-c1ccc(OCc2ccccc2Cl)cc1O. The number of halogens is 1. The molecule has 0 radical (unpaired) electrons. The van der Waals surface area contributed by atoms with Crippen LogP contribution in [0.25, 0.3) is 22.4 Å². The number of benzene rings is 3. The van der Waals surface area contributed by atoms with Gasteiger partial charge in [-0.15, -0.1) is 0 Å². The van der Waals surface area contributed by atoms with Crippen LogP contribution in [0.2, 0.25) is 5.02 Å². The van der Waals surface area contributed by atoms with E-state index < -0.39 is 0 Å². The van der Waals surface area contributed by atoms with Crippen molar-refractivity contribution in [2.45, 2.75) is 13.5 Å². The zero-order valence-corrected chi connectivity index (χ0v) is 18.4. The summed E-state index contributed by atoms with van der Waals surface area (Å²) >= 11 is 6.19. The molecule has 3 N–H and O–H groups in total. The summed E-state index contributed by atoms with van der Waals surface area (Å²) in [6, 6.07) is 20.1. The molecule has 0 aliphatic heterocycles. The summed E-state index contributed by atoms with van der Waals surface area (Å²) < 4.78 is 11.4. The molecular weight excluding hydrogens is 426 g/mol. The second-order valence-electron chi connectivity index (χ2n) is 7.15. The molecule has 0 atom stereocenters.